The number of hydrogen-bond donors (Lipinski definition) is 0. The molecule has 0 radical (unpaired) electrons. The molecule has 6 heteroatoms. The van der Waals surface area contributed by atoms with Crippen molar-refractivity contribution in [1.82, 2.24) is 9.78 Å². The molecule has 24 heavy (non-hydrogen) atoms. The predicted octanol–water partition coefficient (Wildman–Crippen LogP) is 2.27. The van der Waals surface area contributed by atoms with Crippen molar-refractivity contribution in [2.24, 2.45) is 0 Å². The highest BCUT2D eigenvalue weighted by Gasteiger charge is 2.51. The van der Waals surface area contributed by atoms with E-state index in [0.29, 0.717) is 32.1 Å². The lowest BCUT2D eigenvalue weighted by Crippen LogP contribution is -2.32. The Hall–Kier alpha value is -1.92. The van der Waals surface area contributed by atoms with E-state index in [1.54, 1.807) is 0 Å². The predicted molar refractivity (Wildman–Crippen MR) is 85.2 cm³/mol. The topological polar surface area (TPSA) is 66.5 Å². The highest BCUT2D eigenvalue weighted by molar-refractivity contribution is 5.83. The number of nitrogens with zero attached hydrogens (tertiary/aromatic N) is 2. The Kier molecular flexibility index (Phi) is 3.03. The van der Waals surface area contributed by atoms with Crippen LogP contribution in [0.5, 0.6) is 0 Å². The lowest BCUT2D eigenvalue weighted by Gasteiger charge is -2.22. The zero-order chi connectivity index (χ0) is 16.3. The van der Waals surface area contributed by atoms with Crippen molar-refractivity contribution in [3.63, 3.8) is 0 Å². The summed E-state index contributed by atoms with van der Waals surface area (Å²) in [5, 5.41) is 4.84. The van der Waals surface area contributed by atoms with Gasteiger partial charge in [-0.2, -0.15) is 5.10 Å². The molecule has 0 N–H and O–H groups in total. The third kappa shape index (κ3) is 2.03. The van der Waals surface area contributed by atoms with Crippen LogP contribution in [0.4, 0.5) is 0 Å². The molecule has 1 aliphatic heterocycles. The minimum Gasteiger partial charge on any atom is -0.457 e. The van der Waals surface area contributed by atoms with Crippen molar-refractivity contribution in [3.05, 3.63) is 28.8 Å². The van der Waals surface area contributed by atoms with Crippen LogP contribution in [-0.2, 0) is 27.9 Å². The van der Waals surface area contributed by atoms with Crippen molar-refractivity contribution in [2.75, 3.05) is 19.8 Å². The molecule has 1 spiro atoms. The fourth-order valence-electron chi connectivity index (χ4n) is 4.08. The van der Waals surface area contributed by atoms with Crippen molar-refractivity contribution >= 4 is 6.29 Å². The highest BCUT2D eigenvalue weighted by Crippen LogP contribution is 2.58. The van der Waals surface area contributed by atoms with E-state index in [0.717, 1.165) is 48.1 Å². The Morgan fingerprint density at radius 2 is 2.29 bits per heavy atom. The molecule has 0 amide bonds. The number of aromatic nitrogens is 2. The van der Waals surface area contributed by atoms with Crippen LogP contribution < -0.4 is 0 Å². The molecule has 1 atom stereocenters. The molecule has 2 aliphatic carbocycles. The van der Waals surface area contributed by atoms with Gasteiger partial charge in [0.2, 0.25) is 0 Å². The molecule has 3 aliphatic rings. The Morgan fingerprint density at radius 1 is 1.42 bits per heavy atom. The summed E-state index contributed by atoms with van der Waals surface area (Å²) in [6, 6.07) is 0. The van der Waals surface area contributed by atoms with Crippen LogP contribution >= 0.6 is 0 Å². The lowest BCUT2D eigenvalue weighted by molar-refractivity contribution is -0.0946. The third-order valence-electron chi connectivity index (χ3n) is 5.56. The van der Waals surface area contributed by atoms with Gasteiger partial charge in [-0.05, 0) is 19.8 Å². The summed E-state index contributed by atoms with van der Waals surface area (Å²) < 4.78 is 19.0. The standard InChI is InChI=1S/C18H20N2O4/c1-11-15(9-21)24-14-6-18(2-3-18)13-8-20(19-17(13)16(11)14)7-12-10-22-4-5-23-12/h8-9,12H,2-7,10H2,1H3. The zero-order valence-corrected chi connectivity index (χ0v) is 13.7. The molecule has 0 bridgehead atoms. The lowest BCUT2D eigenvalue weighted by atomic mass is 9.82. The average molecular weight is 328 g/mol. The number of carbonyl (C=O) groups is 1. The Morgan fingerprint density at radius 3 is 3.00 bits per heavy atom. The molecular formula is C18H20N2O4. The molecule has 1 saturated heterocycles. The second kappa shape index (κ2) is 5.04. The van der Waals surface area contributed by atoms with E-state index in [4.69, 9.17) is 19.0 Å². The maximum Gasteiger partial charge on any atom is 0.185 e. The van der Waals surface area contributed by atoms with Gasteiger partial charge in [0.25, 0.3) is 0 Å². The Bertz CT molecular complexity index is 809. The molecule has 2 fully saturated rings. The molecule has 1 saturated carbocycles. The zero-order valence-electron chi connectivity index (χ0n) is 13.7. The summed E-state index contributed by atoms with van der Waals surface area (Å²) in [6.07, 6.45) is 6.20. The highest BCUT2D eigenvalue weighted by atomic mass is 16.6. The first kappa shape index (κ1) is 14.4. The van der Waals surface area contributed by atoms with Crippen molar-refractivity contribution in [3.8, 4) is 11.3 Å². The molecule has 1 unspecified atom stereocenters. The molecule has 6 nitrogen and oxygen atoms in total. The number of fused-ring (bicyclic) bond motifs is 4. The fraction of sp³-hybridized carbons (Fsp3) is 0.556. The molecule has 126 valence electrons. The number of furan rings is 1. The van der Waals surface area contributed by atoms with Gasteiger partial charge < -0.3 is 13.9 Å². The van der Waals surface area contributed by atoms with Crippen LogP contribution in [0.2, 0.25) is 0 Å². The molecule has 2 aromatic heterocycles. The first-order valence-electron chi connectivity index (χ1n) is 8.55. The molecular weight excluding hydrogens is 308 g/mol. The monoisotopic (exact) mass is 328 g/mol. The maximum atomic E-state index is 11.3. The van der Waals surface area contributed by atoms with E-state index in [2.05, 4.69) is 6.20 Å². The van der Waals surface area contributed by atoms with Gasteiger partial charge >= 0.3 is 0 Å². The van der Waals surface area contributed by atoms with Crippen LogP contribution in [0.15, 0.2) is 10.6 Å². The second-order valence-electron chi connectivity index (χ2n) is 7.15. The van der Waals surface area contributed by atoms with Gasteiger partial charge in [-0.25, -0.2) is 0 Å². The molecule has 3 heterocycles. The fourth-order valence-corrected chi connectivity index (χ4v) is 4.08. The van der Waals surface area contributed by atoms with Crippen molar-refractivity contribution < 1.29 is 18.7 Å². The molecule has 0 aromatic carbocycles. The van der Waals surface area contributed by atoms with Gasteiger partial charge in [-0.1, -0.05) is 0 Å². The van der Waals surface area contributed by atoms with Gasteiger partial charge in [0.1, 0.15) is 11.9 Å². The third-order valence-corrected chi connectivity index (χ3v) is 5.56. The van der Waals surface area contributed by atoms with E-state index in [1.807, 2.05) is 11.6 Å². The summed E-state index contributed by atoms with van der Waals surface area (Å²) in [4.78, 5) is 11.3. The summed E-state index contributed by atoms with van der Waals surface area (Å²) in [6.45, 7) is 4.55. The first-order valence-corrected chi connectivity index (χ1v) is 8.55. The Labute approximate surface area is 139 Å². The van der Waals surface area contributed by atoms with Crippen molar-refractivity contribution in [1.29, 1.82) is 0 Å². The quantitative estimate of drug-likeness (QED) is 0.809. The van der Waals surface area contributed by atoms with E-state index >= 15 is 0 Å². The van der Waals surface area contributed by atoms with Crippen LogP contribution in [0, 0.1) is 6.92 Å². The first-order chi connectivity index (χ1) is 11.7. The van der Waals surface area contributed by atoms with Gasteiger partial charge in [0.05, 0.1) is 32.1 Å². The molecule has 2 aromatic rings. The summed E-state index contributed by atoms with van der Waals surface area (Å²) in [7, 11) is 0. The minimum absolute atomic E-state index is 0.0470. The van der Waals surface area contributed by atoms with E-state index < -0.39 is 0 Å². The van der Waals surface area contributed by atoms with Gasteiger partial charge in [0, 0.05) is 34.7 Å². The van der Waals surface area contributed by atoms with Crippen LogP contribution in [0.25, 0.3) is 11.3 Å². The average Bonchev–Trinajstić information content (AvgIpc) is 3.10. The number of hydrogen-bond acceptors (Lipinski definition) is 5. The molecule has 5 rings (SSSR count). The smallest absolute Gasteiger partial charge is 0.185 e. The van der Waals surface area contributed by atoms with Crippen LogP contribution in [-0.4, -0.2) is 42.0 Å². The van der Waals surface area contributed by atoms with Gasteiger partial charge in [-0.3, -0.25) is 9.48 Å². The second-order valence-corrected chi connectivity index (χ2v) is 7.15. The largest absolute Gasteiger partial charge is 0.457 e. The number of aldehydes is 1. The SMILES string of the molecule is Cc1c(C=O)oc2c1-c1nn(CC3COCCO3)cc1C1(CC1)C2. The van der Waals surface area contributed by atoms with Crippen LogP contribution in [0.3, 0.4) is 0 Å². The summed E-state index contributed by atoms with van der Waals surface area (Å²) in [5.41, 5.74) is 4.37. The normalized spacial score (nSPS) is 23.8. The van der Waals surface area contributed by atoms with Crippen LogP contribution in [0.1, 0.15) is 40.3 Å². The van der Waals surface area contributed by atoms with Gasteiger partial charge in [-0.15, -0.1) is 0 Å². The summed E-state index contributed by atoms with van der Waals surface area (Å²) in [5.74, 6) is 1.35. The number of carbonyl (C=O) groups excluding carboxylic acids is 1. The minimum atomic E-state index is 0.0470. The summed E-state index contributed by atoms with van der Waals surface area (Å²) >= 11 is 0. The maximum absolute atomic E-state index is 11.3. The van der Waals surface area contributed by atoms with E-state index in [-0.39, 0.29) is 11.5 Å². The number of ether oxygens (including phenoxy) is 2. The Balaban J connectivity index is 1.56. The van der Waals surface area contributed by atoms with E-state index in [1.165, 1.54) is 5.56 Å². The van der Waals surface area contributed by atoms with Gasteiger partial charge in [0.15, 0.2) is 12.0 Å². The van der Waals surface area contributed by atoms with Crippen molar-refractivity contribution in [2.45, 2.75) is 44.2 Å². The van der Waals surface area contributed by atoms with E-state index in [9.17, 15) is 4.79 Å². The number of rotatable bonds is 3.